The number of benzene rings is 1. The van der Waals surface area contributed by atoms with Gasteiger partial charge in [0, 0.05) is 11.6 Å². The van der Waals surface area contributed by atoms with Crippen molar-refractivity contribution in [2.24, 2.45) is 0 Å². The number of ether oxygens (including phenoxy) is 1. The van der Waals surface area contributed by atoms with Gasteiger partial charge in [-0.3, -0.25) is 4.98 Å². The second-order valence-corrected chi connectivity index (χ2v) is 3.93. The van der Waals surface area contributed by atoms with E-state index in [0.29, 0.717) is 30.6 Å². The third-order valence-corrected chi connectivity index (χ3v) is 2.63. The SMILES string of the molecule is CCOOCCOc1ccc(Cl)c2cccnc12. The average Bonchev–Trinajstić information content (AvgIpc) is 2.41. The maximum atomic E-state index is 6.09. The molecule has 0 radical (unpaired) electrons. The molecule has 0 saturated heterocycles. The Bertz CT molecular complexity index is 519. The number of nitrogens with zero attached hydrogens (tertiary/aromatic N) is 1. The number of aromatic nitrogens is 1. The van der Waals surface area contributed by atoms with Crippen molar-refractivity contribution < 1.29 is 14.5 Å². The van der Waals surface area contributed by atoms with Gasteiger partial charge in [-0.15, -0.1) is 0 Å². The summed E-state index contributed by atoms with van der Waals surface area (Å²) in [5.74, 6) is 0.690. The number of fused-ring (bicyclic) bond motifs is 1. The Morgan fingerprint density at radius 1 is 1.17 bits per heavy atom. The van der Waals surface area contributed by atoms with Crippen LogP contribution in [0.5, 0.6) is 5.75 Å². The first-order valence-corrected chi connectivity index (χ1v) is 6.11. The van der Waals surface area contributed by atoms with E-state index in [2.05, 4.69) is 4.98 Å². The molecule has 96 valence electrons. The summed E-state index contributed by atoms with van der Waals surface area (Å²) in [6.07, 6.45) is 1.71. The summed E-state index contributed by atoms with van der Waals surface area (Å²) in [5, 5.41) is 1.54. The molecule has 0 amide bonds. The molecule has 0 bridgehead atoms. The molecule has 0 N–H and O–H groups in total. The second kappa shape index (κ2) is 6.54. The number of hydrogen-bond donors (Lipinski definition) is 0. The third kappa shape index (κ3) is 3.10. The van der Waals surface area contributed by atoms with Gasteiger partial charge < -0.3 is 4.74 Å². The molecule has 1 heterocycles. The first-order chi connectivity index (χ1) is 8.83. The minimum atomic E-state index is 0.366. The van der Waals surface area contributed by atoms with Gasteiger partial charge in [0.1, 0.15) is 24.5 Å². The molecule has 0 aliphatic rings. The zero-order valence-corrected chi connectivity index (χ0v) is 10.8. The van der Waals surface area contributed by atoms with E-state index in [1.54, 1.807) is 18.3 Å². The van der Waals surface area contributed by atoms with Gasteiger partial charge in [0.25, 0.3) is 0 Å². The fraction of sp³-hybridized carbons (Fsp3) is 0.308. The lowest BCUT2D eigenvalue weighted by Crippen LogP contribution is -2.07. The second-order valence-electron chi connectivity index (χ2n) is 3.52. The molecule has 2 rings (SSSR count). The fourth-order valence-corrected chi connectivity index (χ4v) is 1.77. The van der Waals surface area contributed by atoms with Crippen LogP contribution in [0.15, 0.2) is 30.5 Å². The van der Waals surface area contributed by atoms with Crippen LogP contribution in [0.25, 0.3) is 10.9 Å². The van der Waals surface area contributed by atoms with E-state index in [0.717, 1.165) is 10.9 Å². The molecular weight excluding hydrogens is 254 g/mol. The summed E-state index contributed by atoms with van der Waals surface area (Å²) >= 11 is 6.09. The molecule has 0 saturated carbocycles. The first kappa shape index (κ1) is 13.1. The molecular formula is C13H14ClNO3. The summed E-state index contributed by atoms with van der Waals surface area (Å²) in [5.41, 5.74) is 0.751. The molecule has 0 atom stereocenters. The third-order valence-electron chi connectivity index (χ3n) is 2.30. The Hall–Kier alpha value is -1.36. The Labute approximate surface area is 110 Å². The summed E-state index contributed by atoms with van der Waals surface area (Å²) in [7, 11) is 0. The number of hydrogen-bond acceptors (Lipinski definition) is 4. The van der Waals surface area contributed by atoms with Crippen molar-refractivity contribution in [3.63, 3.8) is 0 Å². The quantitative estimate of drug-likeness (QED) is 0.458. The molecule has 0 aliphatic carbocycles. The molecule has 4 nitrogen and oxygen atoms in total. The van der Waals surface area contributed by atoms with Gasteiger partial charge in [-0.1, -0.05) is 11.6 Å². The van der Waals surface area contributed by atoms with E-state index < -0.39 is 0 Å². The van der Waals surface area contributed by atoms with E-state index in [4.69, 9.17) is 26.1 Å². The normalized spacial score (nSPS) is 10.8. The molecule has 0 fully saturated rings. The summed E-state index contributed by atoms with van der Waals surface area (Å²) < 4.78 is 5.59. The molecule has 0 aliphatic heterocycles. The molecule has 1 aromatic heterocycles. The van der Waals surface area contributed by atoms with Crippen LogP contribution in [0.1, 0.15) is 6.92 Å². The first-order valence-electron chi connectivity index (χ1n) is 5.73. The van der Waals surface area contributed by atoms with Crippen molar-refractivity contribution in [1.82, 2.24) is 4.98 Å². The van der Waals surface area contributed by atoms with Crippen LogP contribution in [-0.4, -0.2) is 24.8 Å². The minimum Gasteiger partial charge on any atom is -0.489 e. The minimum absolute atomic E-state index is 0.366. The zero-order valence-electron chi connectivity index (χ0n) is 10.1. The molecule has 18 heavy (non-hydrogen) atoms. The van der Waals surface area contributed by atoms with Crippen molar-refractivity contribution in [2.45, 2.75) is 6.92 Å². The predicted molar refractivity (Wildman–Crippen MR) is 69.8 cm³/mol. The average molecular weight is 268 g/mol. The zero-order chi connectivity index (χ0) is 12.8. The lowest BCUT2D eigenvalue weighted by molar-refractivity contribution is -0.293. The highest BCUT2D eigenvalue weighted by Crippen LogP contribution is 2.29. The van der Waals surface area contributed by atoms with E-state index in [9.17, 15) is 0 Å². The van der Waals surface area contributed by atoms with E-state index in [1.807, 2.05) is 19.1 Å². The van der Waals surface area contributed by atoms with Gasteiger partial charge in [0.05, 0.1) is 11.6 Å². The van der Waals surface area contributed by atoms with Crippen LogP contribution in [0, 0.1) is 0 Å². The van der Waals surface area contributed by atoms with Crippen LogP contribution >= 0.6 is 11.6 Å². The van der Waals surface area contributed by atoms with Crippen LogP contribution in [0.2, 0.25) is 5.02 Å². The molecule has 1 aromatic carbocycles. The smallest absolute Gasteiger partial charge is 0.145 e. The van der Waals surface area contributed by atoms with E-state index in [-0.39, 0.29) is 0 Å². The van der Waals surface area contributed by atoms with Crippen LogP contribution in [-0.2, 0) is 9.78 Å². The predicted octanol–water partition coefficient (Wildman–Crippen LogP) is 3.24. The lowest BCUT2D eigenvalue weighted by Gasteiger charge is -2.09. The molecule has 5 heteroatoms. The Kier molecular flexibility index (Phi) is 4.75. The highest BCUT2D eigenvalue weighted by atomic mass is 35.5. The van der Waals surface area contributed by atoms with Crippen LogP contribution in [0.4, 0.5) is 0 Å². The van der Waals surface area contributed by atoms with Crippen molar-refractivity contribution in [3.8, 4) is 5.75 Å². The summed E-state index contributed by atoms with van der Waals surface area (Å²) in [4.78, 5) is 13.9. The monoisotopic (exact) mass is 267 g/mol. The van der Waals surface area contributed by atoms with Gasteiger partial charge in [-0.2, -0.15) is 0 Å². The molecule has 0 unspecified atom stereocenters. The standard InChI is InChI=1S/C13H14ClNO3/c1-2-17-18-9-8-16-12-6-5-11(14)10-4-3-7-15-13(10)12/h3-7H,2,8-9H2,1H3. The Balaban J connectivity index is 2.07. The van der Waals surface area contributed by atoms with Gasteiger partial charge in [-0.05, 0) is 31.2 Å². The Morgan fingerprint density at radius 2 is 2.06 bits per heavy atom. The highest BCUT2D eigenvalue weighted by molar-refractivity contribution is 6.35. The van der Waals surface area contributed by atoms with Gasteiger partial charge >= 0.3 is 0 Å². The van der Waals surface area contributed by atoms with Crippen molar-refractivity contribution in [2.75, 3.05) is 19.8 Å². The summed E-state index contributed by atoms with van der Waals surface area (Å²) in [6, 6.07) is 7.35. The Morgan fingerprint density at radius 3 is 2.89 bits per heavy atom. The maximum Gasteiger partial charge on any atom is 0.145 e. The molecule has 2 aromatic rings. The van der Waals surface area contributed by atoms with Crippen LogP contribution in [0.3, 0.4) is 0 Å². The number of pyridine rings is 1. The summed E-state index contributed by atoms with van der Waals surface area (Å²) in [6.45, 7) is 3.14. The number of rotatable bonds is 6. The fourth-order valence-electron chi connectivity index (χ4n) is 1.56. The maximum absolute atomic E-state index is 6.09. The number of halogens is 1. The van der Waals surface area contributed by atoms with Gasteiger partial charge in [-0.25, -0.2) is 9.78 Å². The van der Waals surface area contributed by atoms with Crippen molar-refractivity contribution in [3.05, 3.63) is 35.5 Å². The highest BCUT2D eigenvalue weighted by Gasteiger charge is 2.06. The van der Waals surface area contributed by atoms with Crippen molar-refractivity contribution in [1.29, 1.82) is 0 Å². The largest absolute Gasteiger partial charge is 0.489 e. The van der Waals surface area contributed by atoms with Crippen molar-refractivity contribution >= 4 is 22.5 Å². The van der Waals surface area contributed by atoms with Gasteiger partial charge in [0.2, 0.25) is 0 Å². The topological polar surface area (TPSA) is 40.6 Å². The van der Waals surface area contributed by atoms with Crippen LogP contribution < -0.4 is 4.74 Å². The van der Waals surface area contributed by atoms with E-state index >= 15 is 0 Å². The molecule has 0 spiro atoms. The van der Waals surface area contributed by atoms with E-state index in [1.165, 1.54) is 0 Å². The van der Waals surface area contributed by atoms with Gasteiger partial charge in [0.15, 0.2) is 0 Å². The lowest BCUT2D eigenvalue weighted by atomic mass is 10.2.